The molecule has 0 spiro atoms. The monoisotopic (exact) mass is 335 g/mol. The Hall–Kier alpha value is -3.66. The van der Waals surface area contributed by atoms with E-state index >= 15 is 0 Å². The van der Waals surface area contributed by atoms with Gasteiger partial charge in [-0.2, -0.15) is 10.2 Å². The number of halogens is 1. The summed E-state index contributed by atoms with van der Waals surface area (Å²) in [6.07, 6.45) is 0. The average molecular weight is 335 g/mol. The maximum atomic E-state index is 13.7. The number of aromatic nitrogens is 2. The van der Waals surface area contributed by atoms with Gasteiger partial charge < -0.3 is 16.2 Å². The van der Waals surface area contributed by atoms with Gasteiger partial charge >= 0.3 is 0 Å². The number of benzene rings is 2. The lowest BCUT2D eigenvalue weighted by molar-refractivity contribution is 0.415. The van der Waals surface area contributed by atoms with E-state index in [-0.39, 0.29) is 23.1 Å². The van der Waals surface area contributed by atoms with E-state index in [1.165, 1.54) is 19.2 Å². The number of ether oxygens (including phenoxy) is 1. The summed E-state index contributed by atoms with van der Waals surface area (Å²) in [5.74, 6) is 0.134. The summed E-state index contributed by atoms with van der Waals surface area (Å²) in [4.78, 5) is 7.93. The smallest absolute Gasteiger partial charge is 0.222 e. The molecule has 0 aliphatic rings. The highest BCUT2D eigenvalue weighted by Crippen LogP contribution is 2.34. The lowest BCUT2D eigenvalue weighted by Crippen LogP contribution is -2.05. The van der Waals surface area contributed by atoms with Crippen molar-refractivity contribution in [2.24, 2.45) is 0 Å². The number of hydrogen-bond donors (Lipinski definition) is 2. The zero-order chi connectivity index (χ0) is 18.0. The molecule has 0 aliphatic carbocycles. The van der Waals surface area contributed by atoms with E-state index in [2.05, 4.69) is 9.97 Å². The fraction of sp³-hybridized carbons (Fsp3) is 0.0556. The quantitative estimate of drug-likeness (QED) is 0.761. The summed E-state index contributed by atoms with van der Waals surface area (Å²) in [5.41, 5.74) is 13.8. The van der Waals surface area contributed by atoms with Crippen LogP contribution in [0.1, 0.15) is 5.56 Å². The first-order valence-corrected chi connectivity index (χ1v) is 7.31. The molecule has 7 heteroatoms. The average Bonchev–Trinajstić information content (AvgIpc) is 2.61. The van der Waals surface area contributed by atoms with Crippen molar-refractivity contribution in [1.82, 2.24) is 9.97 Å². The molecule has 1 heterocycles. The number of hydrogen-bond acceptors (Lipinski definition) is 6. The first-order chi connectivity index (χ1) is 12.0. The molecule has 0 saturated heterocycles. The third-order valence-electron chi connectivity index (χ3n) is 3.67. The summed E-state index contributed by atoms with van der Waals surface area (Å²) in [6.45, 7) is 0. The first kappa shape index (κ1) is 16.2. The Kier molecular flexibility index (Phi) is 4.18. The predicted octanol–water partition coefficient (Wildman–Crippen LogP) is 2.99. The Bertz CT molecular complexity index is 997. The van der Waals surface area contributed by atoms with Gasteiger partial charge in [-0.25, -0.2) is 9.37 Å². The number of methoxy groups -OCH3 is 1. The van der Waals surface area contributed by atoms with E-state index in [9.17, 15) is 9.65 Å². The molecule has 0 fully saturated rings. The zero-order valence-electron chi connectivity index (χ0n) is 13.3. The highest BCUT2D eigenvalue weighted by Gasteiger charge is 2.15. The Labute approximate surface area is 143 Å². The van der Waals surface area contributed by atoms with Gasteiger partial charge in [0.25, 0.3) is 0 Å². The van der Waals surface area contributed by atoms with Gasteiger partial charge in [-0.1, -0.05) is 18.2 Å². The van der Waals surface area contributed by atoms with Crippen LogP contribution in [0, 0.1) is 17.1 Å². The molecular formula is C18H14FN5O. The van der Waals surface area contributed by atoms with Gasteiger partial charge in [-0.15, -0.1) is 0 Å². The highest BCUT2D eigenvalue weighted by molar-refractivity contribution is 5.79. The fourth-order valence-corrected chi connectivity index (χ4v) is 2.56. The van der Waals surface area contributed by atoms with Crippen molar-refractivity contribution < 1.29 is 9.13 Å². The van der Waals surface area contributed by atoms with E-state index in [1.54, 1.807) is 30.3 Å². The molecule has 0 atom stereocenters. The molecule has 1 aromatic heterocycles. The van der Waals surface area contributed by atoms with Crippen LogP contribution in [0.3, 0.4) is 0 Å². The molecule has 0 radical (unpaired) electrons. The molecule has 25 heavy (non-hydrogen) atoms. The number of nitrogens with two attached hydrogens (primary N) is 2. The van der Waals surface area contributed by atoms with Crippen LogP contribution < -0.4 is 16.2 Å². The summed E-state index contributed by atoms with van der Waals surface area (Å²) < 4.78 is 19.0. The molecule has 0 aliphatic heterocycles. The molecule has 0 saturated carbocycles. The number of anilines is 2. The third kappa shape index (κ3) is 3.05. The molecule has 124 valence electrons. The molecule has 3 aromatic rings. The summed E-state index contributed by atoms with van der Waals surface area (Å²) >= 11 is 0. The largest absolute Gasteiger partial charge is 0.496 e. The van der Waals surface area contributed by atoms with Gasteiger partial charge in [0.2, 0.25) is 5.95 Å². The van der Waals surface area contributed by atoms with Crippen LogP contribution >= 0.6 is 0 Å². The van der Waals surface area contributed by atoms with Crippen LogP contribution in [0.15, 0.2) is 42.5 Å². The van der Waals surface area contributed by atoms with Crippen LogP contribution in [0.25, 0.3) is 22.4 Å². The Morgan fingerprint density at radius 2 is 1.84 bits per heavy atom. The van der Waals surface area contributed by atoms with Crippen LogP contribution in [0.4, 0.5) is 16.2 Å². The second-order valence-corrected chi connectivity index (χ2v) is 5.23. The first-order valence-electron chi connectivity index (χ1n) is 7.31. The number of nitrogens with zero attached hydrogens (tertiary/aromatic N) is 3. The lowest BCUT2D eigenvalue weighted by Gasteiger charge is -2.11. The van der Waals surface area contributed by atoms with Gasteiger partial charge in [0, 0.05) is 11.1 Å². The summed E-state index contributed by atoms with van der Waals surface area (Å²) in [6, 6.07) is 13.3. The van der Waals surface area contributed by atoms with Crippen LogP contribution in [-0.4, -0.2) is 17.1 Å². The van der Waals surface area contributed by atoms with E-state index in [0.717, 1.165) is 0 Å². The molecule has 0 bridgehead atoms. The molecule has 0 amide bonds. The molecule has 6 nitrogen and oxygen atoms in total. The minimum atomic E-state index is -0.380. The van der Waals surface area contributed by atoms with Gasteiger partial charge in [0.1, 0.15) is 29.0 Å². The predicted molar refractivity (Wildman–Crippen MR) is 93.0 cm³/mol. The molecular weight excluding hydrogens is 321 g/mol. The topological polar surface area (TPSA) is 111 Å². The van der Waals surface area contributed by atoms with Crippen molar-refractivity contribution in [2.45, 2.75) is 0 Å². The van der Waals surface area contributed by atoms with Gasteiger partial charge in [0.05, 0.1) is 12.8 Å². The van der Waals surface area contributed by atoms with Crippen molar-refractivity contribution in [1.29, 1.82) is 5.26 Å². The van der Waals surface area contributed by atoms with Crippen molar-refractivity contribution in [3.05, 3.63) is 53.8 Å². The van der Waals surface area contributed by atoms with E-state index in [1.807, 2.05) is 6.07 Å². The van der Waals surface area contributed by atoms with Crippen molar-refractivity contribution in [2.75, 3.05) is 18.6 Å². The van der Waals surface area contributed by atoms with Crippen LogP contribution in [0.5, 0.6) is 5.75 Å². The second kappa shape index (κ2) is 6.45. The second-order valence-electron chi connectivity index (χ2n) is 5.23. The van der Waals surface area contributed by atoms with Gasteiger partial charge in [-0.3, -0.25) is 0 Å². The minimum absolute atomic E-state index is 0.0127. The number of nitriles is 1. The molecule has 2 aromatic carbocycles. The normalized spacial score (nSPS) is 10.3. The SMILES string of the molecule is COc1ccc(F)cc1-c1cccc(-c2nc(N)nc(N)c2C#N)c1. The molecule has 4 N–H and O–H groups in total. The van der Waals surface area contributed by atoms with E-state index < -0.39 is 0 Å². The Morgan fingerprint density at radius 3 is 2.56 bits per heavy atom. The maximum Gasteiger partial charge on any atom is 0.222 e. The number of rotatable bonds is 3. The number of nitrogen functional groups attached to an aromatic ring is 2. The Balaban J connectivity index is 2.20. The standard InChI is InChI=1S/C18H14FN5O/c1-25-15-6-5-12(19)8-13(15)10-3-2-4-11(7-10)16-14(9-20)17(21)24-18(22)23-16/h2-8H,1H3,(H4,21,22,23,24). The van der Waals surface area contributed by atoms with Gasteiger partial charge in [-0.05, 0) is 29.8 Å². The molecule has 3 rings (SSSR count). The van der Waals surface area contributed by atoms with Gasteiger partial charge in [0.15, 0.2) is 0 Å². The van der Waals surface area contributed by atoms with Crippen molar-refractivity contribution in [3.63, 3.8) is 0 Å². The van der Waals surface area contributed by atoms with Crippen molar-refractivity contribution in [3.8, 4) is 34.2 Å². The minimum Gasteiger partial charge on any atom is -0.496 e. The fourth-order valence-electron chi connectivity index (χ4n) is 2.56. The van der Waals surface area contributed by atoms with Crippen molar-refractivity contribution >= 4 is 11.8 Å². The van der Waals surface area contributed by atoms with Crippen LogP contribution in [0.2, 0.25) is 0 Å². The third-order valence-corrected chi connectivity index (χ3v) is 3.67. The lowest BCUT2D eigenvalue weighted by atomic mass is 9.99. The Morgan fingerprint density at radius 1 is 1.08 bits per heavy atom. The van der Waals surface area contributed by atoms with E-state index in [4.69, 9.17) is 16.2 Å². The van der Waals surface area contributed by atoms with E-state index in [0.29, 0.717) is 28.1 Å². The van der Waals surface area contributed by atoms with Crippen LogP contribution in [-0.2, 0) is 0 Å². The summed E-state index contributed by atoms with van der Waals surface area (Å²) in [7, 11) is 1.51. The zero-order valence-corrected chi connectivity index (χ0v) is 13.3. The highest BCUT2D eigenvalue weighted by atomic mass is 19.1. The maximum absolute atomic E-state index is 13.7. The summed E-state index contributed by atoms with van der Waals surface area (Å²) in [5, 5.41) is 9.34. The molecule has 0 unspecified atom stereocenters.